The molecule has 0 heterocycles. The number of carbonyl (C=O) groups excluding carboxylic acids is 4. The molecule has 1 aromatic rings. The fourth-order valence-electron chi connectivity index (χ4n) is 2.73. The molecule has 0 fully saturated rings. The number of nitrogens with two attached hydrogens (primary N) is 1. The number of amides is 3. The molecule has 0 radical (unpaired) electrons. The van der Waals surface area contributed by atoms with Gasteiger partial charge in [-0.15, -0.1) is 0 Å². The number of aliphatic hydroxyl groups excluding tert-OH is 1. The van der Waals surface area contributed by atoms with Crippen LogP contribution in [0.3, 0.4) is 0 Å². The molecule has 0 bridgehead atoms. The summed E-state index contributed by atoms with van der Waals surface area (Å²) in [5, 5.41) is 15.0. The highest BCUT2D eigenvalue weighted by Gasteiger charge is 2.26. The first-order valence-corrected chi connectivity index (χ1v) is 9.84. The molecule has 3 atom stereocenters. The Balaban J connectivity index is 2.66. The van der Waals surface area contributed by atoms with Crippen molar-refractivity contribution in [3.05, 3.63) is 35.4 Å². The van der Waals surface area contributed by atoms with Crippen LogP contribution in [0.2, 0.25) is 0 Å². The van der Waals surface area contributed by atoms with Crippen LogP contribution in [0, 0.1) is 5.92 Å². The standard InChI is InChI=1S/C21H31N3O5/c1-4-13(2)18(21(29)23-11-6-5-10-17(26)14(3)25)24-20(28)16-9-7-8-15(12-16)19(22)27/h7-9,12-13,17-18,26H,4-6,10-11H2,1-3H3,(H2,22,27)(H,23,29)(H,24,28)/t13?,17?,18-/m0/s1. The van der Waals surface area contributed by atoms with E-state index in [4.69, 9.17) is 5.73 Å². The highest BCUT2D eigenvalue weighted by molar-refractivity contribution is 6.00. The fourth-order valence-corrected chi connectivity index (χ4v) is 2.73. The van der Waals surface area contributed by atoms with Crippen molar-refractivity contribution in [2.75, 3.05) is 6.54 Å². The number of Topliss-reactive ketones (excluding diaryl/α,β-unsaturated/α-hetero) is 1. The van der Waals surface area contributed by atoms with Gasteiger partial charge in [-0.25, -0.2) is 0 Å². The summed E-state index contributed by atoms with van der Waals surface area (Å²) < 4.78 is 0. The van der Waals surface area contributed by atoms with E-state index in [1.165, 1.54) is 19.1 Å². The monoisotopic (exact) mass is 405 g/mol. The minimum Gasteiger partial charge on any atom is -0.385 e. The minimum atomic E-state index is -0.964. The van der Waals surface area contributed by atoms with Gasteiger partial charge in [-0.05, 0) is 50.3 Å². The van der Waals surface area contributed by atoms with Crippen LogP contribution in [0.15, 0.2) is 24.3 Å². The molecule has 0 aliphatic rings. The third kappa shape index (κ3) is 8.03. The number of hydrogen-bond donors (Lipinski definition) is 4. The molecule has 0 spiro atoms. The quantitative estimate of drug-likeness (QED) is 0.387. The second-order valence-corrected chi connectivity index (χ2v) is 7.19. The van der Waals surface area contributed by atoms with Gasteiger partial charge < -0.3 is 21.5 Å². The average Bonchev–Trinajstić information content (AvgIpc) is 2.70. The van der Waals surface area contributed by atoms with E-state index in [9.17, 15) is 24.3 Å². The molecule has 2 unspecified atom stereocenters. The first-order valence-electron chi connectivity index (χ1n) is 9.84. The molecule has 3 amide bonds. The maximum Gasteiger partial charge on any atom is 0.251 e. The number of unbranched alkanes of at least 4 members (excludes halogenated alkanes) is 1. The van der Waals surface area contributed by atoms with Crippen LogP contribution in [0.1, 0.15) is 67.2 Å². The maximum atomic E-state index is 12.6. The smallest absolute Gasteiger partial charge is 0.251 e. The molecule has 8 heteroatoms. The van der Waals surface area contributed by atoms with Crippen molar-refractivity contribution in [3.63, 3.8) is 0 Å². The van der Waals surface area contributed by atoms with Gasteiger partial charge in [-0.1, -0.05) is 26.3 Å². The Bertz CT molecular complexity index is 735. The predicted octanol–water partition coefficient (Wildman–Crippen LogP) is 1.17. The SMILES string of the molecule is CCC(C)[C@H](NC(=O)c1cccc(C(N)=O)c1)C(=O)NCCCCC(O)C(C)=O. The topological polar surface area (TPSA) is 139 Å². The molecule has 5 N–H and O–H groups in total. The molecule has 0 aliphatic heterocycles. The van der Waals surface area contributed by atoms with Crippen LogP contribution in [-0.4, -0.2) is 47.3 Å². The van der Waals surface area contributed by atoms with Crippen LogP contribution in [0.5, 0.6) is 0 Å². The summed E-state index contributed by atoms with van der Waals surface area (Å²) in [6, 6.07) is 5.29. The molecular formula is C21H31N3O5. The van der Waals surface area contributed by atoms with Gasteiger partial charge in [0.1, 0.15) is 12.1 Å². The third-order valence-corrected chi connectivity index (χ3v) is 4.86. The summed E-state index contributed by atoms with van der Waals surface area (Å²) in [6.07, 6.45) is 1.28. The number of hydrogen-bond acceptors (Lipinski definition) is 5. The van der Waals surface area contributed by atoms with Crippen molar-refractivity contribution in [1.29, 1.82) is 0 Å². The summed E-state index contributed by atoms with van der Waals surface area (Å²) in [5.41, 5.74) is 5.72. The van der Waals surface area contributed by atoms with Crippen molar-refractivity contribution in [1.82, 2.24) is 10.6 Å². The molecule has 8 nitrogen and oxygen atoms in total. The summed E-state index contributed by atoms with van der Waals surface area (Å²) in [5.74, 6) is -1.76. The zero-order valence-corrected chi connectivity index (χ0v) is 17.2. The number of benzene rings is 1. The van der Waals surface area contributed by atoms with Crippen molar-refractivity contribution in [2.24, 2.45) is 11.7 Å². The average molecular weight is 405 g/mol. The van der Waals surface area contributed by atoms with E-state index in [0.717, 1.165) is 0 Å². The van der Waals surface area contributed by atoms with Gasteiger partial charge in [0.2, 0.25) is 11.8 Å². The lowest BCUT2D eigenvalue weighted by Crippen LogP contribution is -2.50. The second-order valence-electron chi connectivity index (χ2n) is 7.19. The van der Waals surface area contributed by atoms with Gasteiger partial charge in [0.25, 0.3) is 5.91 Å². The van der Waals surface area contributed by atoms with Crippen LogP contribution < -0.4 is 16.4 Å². The number of primary amides is 1. The minimum absolute atomic E-state index is 0.0993. The van der Waals surface area contributed by atoms with Gasteiger partial charge in [-0.3, -0.25) is 19.2 Å². The lowest BCUT2D eigenvalue weighted by molar-refractivity contribution is -0.125. The number of carbonyl (C=O) groups is 4. The normalized spacial score (nSPS) is 13.8. The van der Waals surface area contributed by atoms with Crippen LogP contribution >= 0.6 is 0 Å². The summed E-state index contributed by atoms with van der Waals surface area (Å²) in [4.78, 5) is 47.5. The number of ketones is 1. The fraction of sp³-hybridized carbons (Fsp3) is 0.524. The Morgan fingerprint density at radius 3 is 2.38 bits per heavy atom. The van der Waals surface area contributed by atoms with Gasteiger partial charge in [-0.2, -0.15) is 0 Å². The van der Waals surface area contributed by atoms with E-state index >= 15 is 0 Å². The Hall–Kier alpha value is -2.74. The molecule has 1 aromatic carbocycles. The van der Waals surface area contributed by atoms with Crippen molar-refractivity contribution in [2.45, 2.75) is 58.6 Å². The van der Waals surface area contributed by atoms with Gasteiger partial charge in [0.05, 0.1) is 0 Å². The summed E-state index contributed by atoms with van der Waals surface area (Å²) in [6.45, 7) is 5.51. The Labute approximate surface area is 171 Å². The van der Waals surface area contributed by atoms with Crippen molar-refractivity contribution >= 4 is 23.5 Å². The molecule has 0 aromatic heterocycles. The number of nitrogens with one attached hydrogen (secondary N) is 2. The van der Waals surface area contributed by atoms with E-state index < -0.39 is 24.0 Å². The van der Waals surface area contributed by atoms with Crippen LogP contribution in [-0.2, 0) is 9.59 Å². The van der Waals surface area contributed by atoms with E-state index in [1.807, 2.05) is 13.8 Å². The maximum absolute atomic E-state index is 12.6. The predicted molar refractivity (Wildman–Crippen MR) is 109 cm³/mol. The van der Waals surface area contributed by atoms with Crippen molar-refractivity contribution < 1.29 is 24.3 Å². The van der Waals surface area contributed by atoms with Crippen LogP contribution in [0.4, 0.5) is 0 Å². The molecule has 1 rings (SSSR count). The largest absolute Gasteiger partial charge is 0.385 e. The van der Waals surface area contributed by atoms with Crippen molar-refractivity contribution in [3.8, 4) is 0 Å². The molecule has 160 valence electrons. The van der Waals surface area contributed by atoms with E-state index in [-0.39, 0.29) is 28.7 Å². The molecule has 0 aliphatic carbocycles. The van der Waals surface area contributed by atoms with Crippen LogP contribution in [0.25, 0.3) is 0 Å². The summed E-state index contributed by atoms with van der Waals surface area (Å²) in [7, 11) is 0. The lowest BCUT2D eigenvalue weighted by Gasteiger charge is -2.23. The first-order chi connectivity index (χ1) is 13.7. The molecule has 0 saturated carbocycles. The Morgan fingerprint density at radius 1 is 1.14 bits per heavy atom. The molecule has 0 saturated heterocycles. The zero-order chi connectivity index (χ0) is 22.0. The molecule has 29 heavy (non-hydrogen) atoms. The second kappa shape index (κ2) is 12.0. The highest BCUT2D eigenvalue weighted by Crippen LogP contribution is 2.11. The highest BCUT2D eigenvalue weighted by atomic mass is 16.3. The zero-order valence-electron chi connectivity index (χ0n) is 17.2. The van der Waals surface area contributed by atoms with Gasteiger partial charge >= 0.3 is 0 Å². The third-order valence-electron chi connectivity index (χ3n) is 4.86. The van der Waals surface area contributed by atoms with E-state index in [0.29, 0.717) is 32.2 Å². The van der Waals surface area contributed by atoms with Gasteiger partial charge in [0.15, 0.2) is 5.78 Å². The Morgan fingerprint density at radius 2 is 1.79 bits per heavy atom. The van der Waals surface area contributed by atoms with Gasteiger partial charge in [0, 0.05) is 17.7 Å². The van der Waals surface area contributed by atoms with E-state index in [2.05, 4.69) is 10.6 Å². The first kappa shape index (κ1) is 24.3. The van der Waals surface area contributed by atoms with E-state index in [1.54, 1.807) is 12.1 Å². The Kier molecular flexibility index (Phi) is 10.0. The molecular weight excluding hydrogens is 374 g/mol. The number of rotatable bonds is 12. The lowest BCUT2D eigenvalue weighted by atomic mass is 9.97. The number of aliphatic hydroxyl groups is 1. The summed E-state index contributed by atoms with van der Waals surface area (Å²) >= 11 is 0.